The first kappa shape index (κ1) is 32.0. The number of hydrogen-bond donors (Lipinski definition) is 4. The number of anilines is 3. The highest BCUT2D eigenvalue weighted by molar-refractivity contribution is 7.46. The molecule has 1 atom stereocenters. The van der Waals surface area contributed by atoms with E-state index in [1.54, 1.807) is 49.7 Å². The zero-order valence-electron chi connectivity index (χ0n) is 23.8. The molecule has 234 valence electrons. The van der Waals surface area contributed by atoms with Gasteiger partial charge in [0, 0.05) is 45.8 Å². The van der Waals surface area contributed by atoms with Gasteiger partial charge >= 0.3 is 7.82 Å². The van der Waals surface area contributed by atoms with Crippen LogP contribution in [0.25, 0.3) is 10.9 Å². The molecule has 0 aliphatic carbocycles. The number of fused-ring (bicyclic) bond motifs is 1. The summed E-state index contributed by atoms with van der Waals surface area (Å²) in [4.78, 5) is 46.6. The number of phosphoric ester groups is 1. The number of halogens is 1. The number of hydrogen-bond acceptors (Lipinski definition) is 11. The predicted molar refractivity (Wildman–Crippen MR) is 168 cm³/mol. The van der Waals surface area contributed by atoms with Gasteiger partial charge in [0.2, 0.25) is 5.91 Å². The van der Waals surface area contributed by atoms with Crippen molar-refractivity contribution in [1.82, 2.24) is 19.9 Å². The Bertz CT molecular complexity index is 1650. The third-order valence-corrected chi connectivity index (χ3v) is 8.56. The maximum Gasteiger partial charge on any atom is 0.469 e. The van der Waals surface area contributed by atoms with E-state index >= 15 is 0 Å². The summed E-state index contributed by atoms with van der Waals surface area (Å²) in [6.07, 6.45) is 5.73. The summed E-state index contributed by atoms with van der Waals surface area (Å²) in [6, 6.07) is 10.5. The number of phosphoric acid groups is 1. The van der Waals surface area contributed by atoms with Gasteiger partial charge in [0.1, 0.15) is 12.1 Å². The molecule has 2 aromatic heterocycles. The van der Waals surface area contributed by atoms with Gasteiger partial charge in [0.25, 0.3) is 0 Å². The van der Waals surface area contributed by atoms with E-state index in [1.165, 1.54) is 17.7 Å². The lowest BCUT2D eigenvalue weighted by Gasteiger charge is -2.24. The largest absolute Gasteiger partial charge is 0.493 e. The van der Waals surface area contributed by atoms with Crippen LogP contribution in [-0.2, 0) is 20.3 Å². The highest BCUT2D eigenvalue weighted by Crippen LogP contribution is 2.37. The van der Waals surface area contributed by atoms with Crippen molar-refractivity contribution in [3.8, 4) is 11.5 Å². The van der Waals surface area contributed by atoms with E-state index in [0.717, 1.165) is 24.3 Å². The summed E-state index contributed by atoms with van der Waals surface area (Å²) in [5, 5.41) is 7.87. The summed E-state index contributed by atoms with van der Waals surface area (Å²) in [5.41, 5.74) is 1.27. The van der Waals surface area contributed by atoms with Crippen LogP contribution in [0.2, 0.25) is 5.02 Å². The Balaban J connectivity index is 1.18. The van der Waals surface area contributed by atoms with E-state index in [2.05, 4.69) is 30.5 Å². The number of aromatic nitrogens is 3. The number of carbonyl (C=O) groups is 1. The number of nitrogens with zero attached hydrogens (tertiary/aromatic N) is 4. The molecule has 1 fully saturated rings. The smallest absolute Gasteiger partial charge is 0.469 e. The summed E-state index contributed by atoms with van der Waals surface area (Å²) < 4.78 is 27.4. The lowest BCUT2D eigenvalue weighted by atomic mass is 10.2. The van der Waals surface area contributed by atoms with E-state index < -0.39 is 7.82 Å². The molecule has 44 heavy (non-hydrogen) atoms. The van der Waals surface area contributed by atoms with E-state index in [1.807, 2.05) is 0 Å². The fourth-order valence-electron chi connectivity index (χ4n) is 4.93. The average Bonchev–Trinajstić information content (AvgIpc) is 3.62. The van der Waals surface area contributed by atoms with Crippen LogP contribution < -0.4 is 20.1 Å². The number of methoxy groups -OCH3 is 1. The number of ether oxygens (including phenoxy) is 2. The van der Waals surface area contributed by atoms with E-state index in [-0.39, 0.29) is 25.0 Å². The SMILES string of the molecule is COc1cc2c(Nc3ncc(CC(=O)Nc4cccc(Cl)c4)s3)ncnc2cc1OCCCN1CCC[C@@H]1COP(=O)(O)O. The topological polar surface area (TPSA) is 168 Å². The lowest BCUT2D eigenvalue weighted by molar-refractivity contribution is -0.115. The third kappa shape index (κ3) is 8.85. The molecule has 1 aliphatic heterocycles. The summed E-state index contributed by atoms with van der Waals surface area (Å²) in [7, 11) is -2.93. The minimum absolute atomic E-state index is 0.00131. The molecule has 13 nitrogen and oxygen atoms in total. The van der Waals surface area contributed by atoms with Crippen LogP contribution >= 0.6 is 30.8 Å². The fraction of sp³-hybridized carbons (Fsp3) is 0.357. The molecule has 0 bridgehead atoms. The molecule has 0 saturated carbocycles. The summed E-state index contributed by atoms with van der Waals surface area (Å²) in [5.74, 6) is 1.40. The number of carbonyl (C=O) groups excluding carboxylic acids is 1. The van der Waals surface area contributed by atoms with Crippen LogP contribution in [0.4, 0.5) is 16.6 Å². The Hall–Kier alpha value is -3.36. The summed E-state index contributed by atoms with van der Waals surface area (Å²) >= 11 is 7.34. The van der Waals surface area contributed by atoms with Crippen LogP contribution in [-0.4, -0.2) is 75.0 Å². The van der Waals surface area contributed by atoms with Crippen molar-refractivity contribution in [2.75, 3.05) is 44.0 Å². The highest BCUT2D eigenvalue weighted by atomic mass is 35.5. The second-order valence-electron chi connectivity index (χ2n) is 10.1. The number of nitrogens with one attached hydrogen (secondary N) is 2. The fourth-order valence-corrected chi connectivity index (χ4v) is 6.29. The molecule has 1 aliphatic rings. The first-order valence-electron chi connectivity index (χ1n) is 13.8. The second kappa shape index (κ2) is 14.6. The van der Waals surface area contributed by atoms with Gasteiger partial charge in [-0.1, -0.05) is 17.7 Å². The summed E-state index contributed by atoms with van der Waals surface area (Å²) in [6.45, 7) is 1.96. The Labute approximate surface area is 262 Å². The van der Waals surface area contributed by atoms with Gasteiger partial charge in [-0.25, -0.2) is 19.5 Å². The lowest BCUT2D eigenvalue weighted by Crippen LogP contribution is -2.34. The van der Waals surface area contributed by atoms with Gasteiger partial charge in [-0.3, -0.25) is 14.2 Å². The van der Waals surface area contributed by atoms with Crippen molar-refractivity contribution in [2.45, 2.75) is 31.7 Å². The zero-order chi connectivity index (χ0) is 31.1. The van der Waals surface area contributed by atoms with Gasteiger partial charge in [-0.05, 0) is 50.1 Å². The van der Waals surface area contributed by atoms with Crippen molar-refractivity contribution in [2.24, 2.45) is 0 Å². The molecule has 4 aromatic rings. The van der Waals surface area contributed by atoms with Crippen LogP contribution in [0.5, 0.6) is 11.5 Å². The molecule has 16 heteroatoms. The maximum atomic E-state index is 12.5. The molecule has 0 unspecified atom stereocenters. The average molecular weight is 663 g/mol. The predicted octanol–water partition coefficient (Wildman–Crippen LogP) is 5.02. The Morgan fingerprint density at radius 1 is 1.20 bits per heavy atom. The van der Waals surface area contributed by atoms with E-state index in [0.29, 0.717) is 63.6 Å². The monoisotopic (exact) mass is 662 g/mol. The molecule has 0 radical (unpaired) electrons. The molecule has 1 amide bonds. The number of likely N-dealkylation sites (tertiary alicyclic amines) is 1. The molecular formula is C28H32ClN6O7PS. The molecule has 2 aromatic carbocycles. The van der Waals surface area contributed by atoms with Crippen LogP contribution in [0.1, 0.15) is 24.1 Å². The number of amides is 1. The van der Waals surface area contributed by atoms with Gasteiger partial charge in [0.05, 0.1) is 32.3 Å². The minimum atomic E-state index is -4.49. The first-order chi connectivity index (χ1) is 21.2. The second-order valence-corrected chi connectivity index (χ2v) is 12.8. The van der Waals surface area contributed by atoms with Gasteiger partial charge < -0.3 is 29.9 Å². The maximum absolute atomic E-state index is 12.5. The van der Waals surface area contributed by atoms with Crippen LogP contribution in [0, 0.1) is 0 Å². The van der Waals surface area contributed by atoms with Crippen molar-refractivity contribution >= 4 is 64.2 Å². The van der Waals surface area contributed by atoms with Crippen molar-refractivity contribution in [3.05, 3.63) is 58.8 Å². The Kier molecular flexibility index (Phi) is 10.6. The van der Waals surface area contributed by atoms with Gasteiger partial charge in [-0.15, -0.1) is 11.3 Å². The third-order valence-electron chi connectivity index (χ3n) is 6.92. The highest BCUT2D eigenvalue weighted by Gasteiger charge is 2.27. The normalized spacial score (nSPS) is 15.4. The van der Waals surface area contributed by atoms with Crippen LogP contribution in [0.15, 0.2) is 48.9 Å². The Morgan fingerprint density at radius 2 is 2.07 bits per heavy atom. The van der Waals surface area contributed by atoms with Gasteiger partial charge in [-0.2, -0.15) is 0 Å². The first-order valence-corrected chi connectivity index (χ1v) is 16.6. The van der Waals surface area contributed by atoms with E-state index in [9.17, 15) is 9.36 Å². The Morgan fingerprint density at radius 3 is 2.86 bits per heavy atom. The zero-order valence-corrected chi connectivity index (χ0v) is 26.3. The molecule has 0 spiro atoms. The molecule has 3 heterocycles. The number of thiazole rings is 1. The number of benzene rings is 2. The van der Waals surface area contributed by atoms with Crippen molar-refractivity contribution < 1.29 is 33.1 Å². The standard InChI is InChI=1S/C28H32ClN6O7PS/c1-40-24-13-22-23(14-25(24)41-10-4-9-35-8-3-7-20(35)16-42-43(37,38)39)31-17-32-27(22)34-28-30-15-21(44-28)12-26(36)33-19-6-2-5-18(29)11-19/h2,5-6,11,13-15,17,20H,3-4,7-10,12,16H2,1H3,(H,33,36)(H2,37,38,39)(H,30,31,32,34)/t20-/m1/s1. The van der Waals surface area contributed by atoms with Crippen LogP contribution in [0.3, 0.4) is 0 Å². The van der Waals surface area contributed by atoms with Crippen molar-refractivity contribution in [3.63, 3.8) is 0 Å². The molecule has 1 saturated heterocycles. The van der Waals surface area contributed by atoms with E-state index in [4.69, 9.17) is 35.4 Å². The molecule has 5 rings (SSSR count). The van der Waals surface area contributed by atoms with Gasteiger partial charge in [0.15, 0.2) is 16.6 Å². The molecular weight excluding hydrogens is 631 g/mol. The minimum Gasteiger partial charge on any atom is -0.493 e. The van der Waals surface area contributed by atoms with Crippen molar-refractivity contribution in [1.29, 1.82) is 0 Å². The quantitative estimate of drug-likeness (QED) is 0.105. The molecule has 4 N–H and O–H groups in total. The number of rotatable bonds is 14.